The van der Waals surface area contributed by atoms with Crippen LogP contribution >= 0.6 is 11.6 Å². The molecule has 4 rings (SSSR count). The van der Waals surface area contributed by atoms with Crippen LogP contribution in [0.4, 0.5) is 11.4 Å². The van der Waals surface area contributed by atoms with Gasteiger partial charge in [-0.1, -0.05) is 60.1 Å². The Balaban J connectivity index is 1.28. The van der Waals surface area contributed by atoms with Crippen LogP contribution in [0.5, 0.6) is 5.75 Å². The van der Waals surface area contributed by atoms with Crippen molar-refractivity contribution < 1.29 is 14.3 Å². The van der Waals surface area contributed by atoms with Gasteiger partial charge in [0.25, 0.3) is 5.91 Å². The highest BCUT2D eigenvalue weighted by molar-refractivity contribution is 6.33. The molecule has 0 bridgehead atoms. The summed E-state index contributed by atoms with van der Waals surface area (Å²) in [5, 5.41) is 3.37. The molecular formula is C28H28ClN3O3. The van der Waals surface area contributed by atoms with E-state index in [-0.39, 0.29) is 18.4 Å². The van der Waals surface area contributed by atoms with E-state index in [1.807, 2.05) is 84.6 Å². The summed E-state index contributed by atoms with van der Waals surface area (Å²) in [4.78, 5) is 28.8. The number of nitrogens with one attached hydrogen (secondary N) is 1. The Morgan fingerprint density at radius 1 is 0.971 bits per heavy atom. The van der Waals surface area contributed by atoms with Crippen molar-refractivity contribution in [1.82, 2.24) is 4.90 Å². The molecule has 0 unspecified atom stereocenters. The van der Waals surface area contributed by atoms with Gasteiger partial charge in [-0.25, -0.2) is 0 Å². The number of hydrogen-bond donors (Lipinski definition) is 1. The number of carbonyl (C=O) groups is 2. The van der Waals surface area contributed by atoms with Gasteiger partial charge in [0, 0.05) is 37.9 Å². The molecule has 1 fully saturated rings. The van der Waals surface area contributed by atoms with Crippen LogP contribution in [0.25, 0.3) is 6.08 Å². The van der Waals surface area contributed by atoms with E-state index in [1.165, 1.54) is 0 Å². The smallest absolute Gasteiger partial charge is 0.262 e. The van der Waals surface area contributed by atoms with Gasteiger partial charge in [0.05, 0.1) is 10.7 Å². The number of anilines is 2. The molecule has 0 saturated carbocycles. The van der Waals surface area contributed by atoms with E-state index >= 15 is 0 Å². The first-order valence-electron chi connectivity index (χ1n) is 11.5. The Morgan fingerprint density at radius 3 is 2.40 bits per heavy atom. The maximum atomic E-state index is 12.5. The maximum Gasteiger partial charge on any atom is 0.262 e. The number of ether oxygens (including phenoxy) is 1. The molecule has 1 aliphatic rings. The lowest BCUT2D eigenvalue weighted by Crippen LogP contribution is -2.48. The molecule has 1 aliphatic heterocycles. The molecule has 3 aromatic rings. The summed E-state index contributed by atoms with van der Waals surface area (Å²) >= 11 is 6.54. The monoisotopic (exact) mass is 489 g/mol. The predicted molar refractivity (Wildman–Crippen MR) is 141 cm³/mol. The van der Waals surface area contributed by atoms with Crippen LogP contribution in [0.1, 0.15) is 11.1 Å². The molecule has 6 nitrogen and oxygen atoms in total. The zero-order valence-corrected chi connectivity index (χ0v) is 20.4. The number of aryl methyl sites for hydroxylation is 1. The molecule has 1 saturated heterocycles. The Morgan fingerprint density at radius 2 is 1.69 bits per heavy atom. The number of rotatable bonds is 7. The number of piperazine rings is 1. The Hall–Kier alpha value is -3.77. The van der Waals surface area contributed by atoms with Gasteiger partial charge in [-0.05, 0) is 48.4 Å². The lowest BCUT2D eigenvalue weighted by Gasteiger charge is -2.36. The summed E-state index contributed by atoms with van der Waals surface area (Å²) in [6.45, 7) is 4.44. The van der Waals surface area contributed by atoms with Crippen LogP contribution in [0, 0.1) is 6.92 Å². The van der Waals surface area contributed by atoms with Crippen molar-refractivity contribution in [1.29, 1.82) is 0 Å². The van der Waals surface area contributed by atoms with Crippen molar-refractivity contribution in [2.45, 2.75) is 6.92 Å². The van der Waals surface area contributed by atoms with Crippen LogP contribution in [-0.2, 0) is 9.59 Å². The molecule has 0 atom stereocenters. The van der Waals surface area contributed by atoms with E-state index in [0.717, 1.165) is 16.8 Å². The minimum atomic E-state index is -0.257. The molecular weight excluding hydrogens is 462 g/mol. The highest BCUT2D eigenvalue weighted by atomic mass is 35.5. The van der Waals surface area contributed by atoms with Crippen LogP contribution in [0.15, 0.2) is 78.9 Å². The van der Waals surface area contributed by atoms with E-state index in [4.69, 9.17) is 16.3 Å². The summed E-state index contributed by atoms with van der Waals surface area (Å²) < 4.78 is 5.60. The molecule has 1 N–H and O–H groups in total. The predicted octanol–water partition coefficient (Wildman–Crippen LogP) is 5.03. The van der Waals surface area contributed by atoms with Crippen LogP contribution < -0.4 is 15.0 Å². The summed E-state index contributed by atoms with van der Waals surface area (Å²) in [7, 11) is 0. The Labute approximate surface area is 210 Å². The van der Waals surface area contributed by atoms with E-state index in [0.29, 0.717) is 42.6 Å². The highest BCUT2D eigenvalue weighted by Gasteiger charge is 2.21. The van der Waals surface area contributed by atoms with E-state index in [9.17, 15) is 9.59 Å². The fraction of sp³-hybridized carbons (Fsp3) is 0.214. The third kappa shape index (κ3) is 6.64. The maximum absolute atomic E-state index is 12.5. The first kappa shape index (κ1) is 24.4. The van der Waals surface area contributed by atoms with Gasteiger partial charge in [0.1, 0.15) is 5.75 Å². The van der Waals surface area contributed by atoms with Crippen molar-refractivity contribution >= 4 is 40.9 Å². The number of halogens is 1. The fourth-order valence-electron chi connectivity index (χ4n) is 3.90. The first-order valence-corrected chi connectivity index (χ1v) is 11.9. The highest BCUT2D eigenvalue weighted by Crippen LogP contribution is 2.30. The Bertz CT molecular complexity index is 1210. The molecule has 180 valence electrons. The van der Waals surface area contributed by atoms with Gasteiger partial charge in [-0.2, -0.15) is 0 Å². The molecule has 3 aromatic carbocycles. The zero-order chi connectivity index (χ0) is 24.6. The summed E-state index contributed by atoms with van der Waals surface area (Å²) in [6.07, 6.45) is 3.46. The fourth-order valence-corrected chi connectivity index (χ4v) is 4.20. The van der Waals surface area contributed by atoms with Gasteiger partial charge in [0.15, 0.2) is 6.61 Å². The molecule has 0 radical (unpaired) electrons. The second-order valence-corrected chi connectivity index (χ2v) is 8.73. The summed E-state index contributed by atoms with van der Waals surface area (Å²) in [5.74, 6) is 0.433. The average Bonchev–Trinajstić information content (AvgIpc) is 2.88. The number of benzene rings is 3. The molecule has 0 aromatic heterocycles. The molecule has 2 amide bonds. The van der Waals surface area contributed by atoms with Crippen molar-refractivity contribution in [2.75, 3.05) is 43.0 Å². The number of para-hydroxylation sites is 1. The van der Waals surface area contributed by atoms with Crippen LogP contribution in [0.2, 0.25) is 5.02 Å². The van der Waals surface area contributed by atoms with Gasteiger partial charge in [-0.3, -0.25) is 9.59 Å². The third-order valence-corrected chi connectivity index (χ3v) is 6.14. The minimum absolute atomic E-state index is 0.00516. The van der Waals surface area contributed by atoms with Gasteiger partial charge >= 0.3 is 0 Å². The number of nitrogens with zero attached hydrogens (tertiary/aromatic N) is 2. The lowest BCUT2D eigenvalue weighted by atomic mass is 10.2. The second-order valence-electron chi connectivity index (χ2n) is 8.32. The van der Waals surface area contributed by atoms with Crippen LogP contribution in [0.3, 0.4) is 0 Å². The number of hydrogen-bond acceptors (Lipinski definition) is 4. The molecule has 35 heavy (non-hydrogen) atoms. The molecule has 0 aliphatic carbocycles. The average molecular weight is 490 g/mol. The number of carbonyl (C=O) groups excluding carboxylic acids is 2. The van der Waals surface area contributed by atoms with Gasteiger partial charge < -0.3 is 19.9 Å². The van der Waals surface area contributed by atoms with Gasteiger partial charge in [0.2, 0.25) is 5.91 Å². The van der Waals surface area contributed by atoms with Crippen molar-refractivity contribution in [3.8, 4) is 5.75 Å². The lowest BCUT2D eigenvalue weighted by molar-refractivity contribution is -0.126. The zero-order valence-electron chi connectivity index (χ0n) is 19.6. The minimum Gasteiger partial charge on any atom is -0.483 e. The first-order chi connectivity index (χ1) is 17.0. The van der Waals surface area contributed by atoms with Crippen LogP contribution in [-0.4, -0.2) is 49.5 Å². The quantitative estimate of drug-likeness (QED) is 0.473. The molecule has 7 heteroatoms. The Kier molecular flexibility index (Phi) is 8.06. The molecule has 1 heterocycles. The third-order valence-electron chi connectivity index (χ3n) is 5.83. The van der Waals surface area contributed by atoms with Crippen molar-refractivity contribution in [3.63, 3.8) is 0 Å². The summed E-state index contributed by atoms with van der Waals surface area (Å²) in [6, 6.07) is 22.8. The standard InChI is InChI=1S/C28H28ClN3O3/c1-21-7-5-6-10-26(21)35-20-27(33)30-23-12-13-25(24(29)19-23)31-15-17-32(18-16-31)28(34)14-11-22-8-3-2-4-9-22/h2-14,19H,15-18,20H2,1H3,(H,30,33)/b14-11+. The van der Waals surface area contributed by atoms with Crippen molar-refractivity contribution in [2.24, 2.45) is 0 Å². The van der Waals surface area contributed by atoms with Crippen molar-refractivity contribution in [3.05, 3.63) is 95.0 Å². The second kappa shape index (κ2) is 11.6. The van der Waals surface area contributed by atoms with Gasteiger partial charge in [-0.15, -0.1) is 0 Å². The topological polar surface area (TPSA) is 61.9 Å². The molecule has 0 spiro atoms. The SMILES string of the molecule is Cc1ccccc1OCC(=O)Nc1ccc(N2CCN(C(=O)/C=C/c3ccccc3)CC2)c(Cl)c1. The van der Waals surface area contributed by atoms with E-state index in [2.05, 4.69) is 10.2 Å². The van der Waals surface area contributed by atoms with E-state index < -0.39 is 0 Å². The number of amides is 2. The normalized spacial score (nSPS) is 13.7. The van der Waals surface area contributed by atoms with E-state index in [1.54, 1.807) is 12.1 Å². The summed E-state index contributed by atoms with van der Waals surface area (Å²) in [5.41, 5.74) is 3.46. The largest absolute Gasteiger partial charge is 0.483 e.